The number of aromatic nitrogens is 2. The highest BCUT2D eigenvalue weighted by Gasteiger charge is 2.04. The average molecular weight is 286 g/mol. The van der Waals surface area contributed by atoms with Crippen molar-refractivity contribution in [2.24, 2.45) is 0 Å². The number of nitrogens with zero attached hydrogens (tertiary/aromatic N) is 2. The molecule has 21 heavy (non-hydrogen) atoms. The quantitative estimate of drug-likeness (QED) is 0.813. The molecule has 112 valence electrons. The van der Waals surface area contributed by atoms with Crippen LogP contribution in [-0.2, 0) is 6.42 Å². The summed E-state index contributed by atoms with van der Waals surface area (Å²) in [5.41, 5.74) is 7.00. The Morgan fingerprint density at radius 1 is 1.14 bits per heavy atom. The van der Waals surface area contributed by atoms with Crippen molar-refractivity contribution in [3.8, 4) is 11.6 Å². The van der Waals surface area contributed by atoms with Gasteiger partial charge in [0, 0.05) is 12.6 Å². The van der Waals surface area contributed by atoms with Gasteiger partial charge in [0.2, 0.25) is 11.8 Å². The van der Waals surface area contributed by atoms with Gasteiger partial charge in [-0.1, -0.05) is 25.5 Å². The van der Waals surface area contributed by atoms with Crippen LogP contribution in [0.4, 0.5) is 11.8 Å². The lowest BCUT2D eigenvalue weighted by Crippen LogP contribution is -2.04. The molecule has 1 aromatic heterocycles. The first-order valence-electron chi connectivity index (χ1n) is 7.36. The standard InChI is InChI=1S/C16H22N4O/c1-3-5-6-12-7-9-13(10-8-12)21-15-11-14(18-4-2)19-16(17)20-15/h7-11H,3-6H2,1-2H3,(H3,17,18,19,20). The molecule has 0 radical (unpaired) electrons. The number of hydrogen-bond acceptors (Lipinski definition) is 5. The van der Waals surface area contributed by atoms with Crippen LogP contribution in [0, 0.1) is 0 Å². The van der Waals surface area contributed by atoms with E-state index >= 15 is 0 Å². The number of ether oxygens (including phenoxy) is 1. The van der Waals surface area contributed by atoms with E-state index in [0.29, 0.717) is 11.7 Å². The number of anilines is 2. The predicted octanol–water partition coefficient (Wildman–Crippen LogP) is 3.63. The van der Waals surface area contributed by atoms with Crippen LogP contribution in [0.25, 0.3) is 0 Å². The van der Waals surface area contributed by atoms with Gasteiger partial charge in [-0.05, 0) is 37.5 Å². The minimum Gasteiger partial charge on any atom is -0.439 e. The lowest BCUT2D eigenvalue weighted by atomic mass is 10.1. The molecule has 0 atom stereocenters. The number of aryl methyl sites for hydroxylation is 1. The number of rotatable bonds is 7. The molecule has 2 aromatic rings. The van der Waals surface area contributed by atoms with Crippen LogP contribution in [0.3, 0.4) is 0 Å². The Balaban J connectivity index is 2.07. The van der Waals surface area contributed by atoms with Gasteiger partial charge in [-0.2, -0.15) is 9.97 Å². The lowest BCUT2D eigenvalue weighted by molar-refractivity contribution is 0.462. The molecule has 0 spiro atoms. The monoisotopic (exact) mass is 286 g/mol. The first-order valence-corrected chi connectivity index (χ1v) is 7.36. The molecule has 0 aliphatic rings. The van der Waals surface area contributed by atoms with E-state index in [1.54, 1.807) is 6.07 Å². The number of nitrogens with one attached hydrogen (secondary N) is 1. The maximum Gasteiger partial charge on any atom is 0.226 e. The second-order valence-electron chi connectivity index (χ2n) is 4.83. The molecule has 1 heterocycles. The highest BCUT2D eigenvalue weighted by atomic mass is 16.5. The zero-order chi connectivity index (χ0) is 15.1. The molecular formula is C16H22N4O. The Hall–Kier alpha value is -2.30. The molecule has 0 saturated heterocycles. The summed E-state index contributed by atoms with van der Waals surface area (Å²) < 4.78 is 5.73. The fourth-order valence-corrected chi connectivity index (χ4v) is 1.99. The summed E-state index contributed by atoms with van der Waals surface area (Å²) in [7, 11) is 0. The Morgan fingerprint density at radius 3 is 2.57 bits per heavy atom. The zero-order valence-corrected chi connectivity index (χ0v) is 12.6. The van der Waals surface area contributed by atoms with Gasteiger partial charge in [0.05, 0.1) is 0 Å². The number of nitrogens with two attached hydrogens (primary N) is 1. The summed E-state index contributed by atoms with van der Waals surface area (Å²) >= 11 is 0. The third-order valence-corrected chi connectivity index (χ3v) is 3.04. The molecule has 0 saturated carbocycles. The lowest BCUT2D eigenvalue weighted by Gasteiger charge is -2.08. The van der Waals surface area contributed by atoms with Crippen molar-refractivity contribution in [3.63, 3.8) is 0 Å². The largest absolute Gasteiger partial charge is 0.439 e. The van der Waals surface area contributed by atoms with E-state index in [2.05, 4.69) is 34.3 Å². The van der Waals surface area contributed by atoms with Crippen molar-refractivity contribution in [3.05, 3.63) is 35.9 Å². The van der Waals surface area contributed by atoms with Gasteiger partial charge in [0.15, 0.2) is 0 Å². The predicted molar refractivity (Wildman–Crippen MR) is 85.7 cm³/mol. The molecule has 0 fully saturated rings. The van der Waals surface area contributed by atoms with Crippen molar-refractivity contribution in [2.45, 2.75) is 33.1 Å². The van der Waals surface area contributed by atoms with Crippen LogP contribution in [0.5, 0.6) is 11.6 Å². The molecule has 0 amide bonds. The molecule has 1 aromatic carbocycles. The Morgan fingerprint density at radius 2 is 1.90 bits per heavy atom. The fourth-order valence-electron chi connectivity index (χ4n) is 1.99. The number of hydrogen-bond donors (Lipinski definition) is 2. The van der Waals surface area contributed by atoms with E-state index in [-0.39, 0.29) is 5.95 Å². The molecule has 0 bridgehead atoms. The third kappa shape index (κ3) is 4.63. The molecule has 0 aliphatic carbocycles. The topological polar surface area (TPSA) is 73.1 Å². The summed E-state index contributed by atoms with van der Waals surface area (Å²) in [6.45, 7) is 4.95. The van der Waals surface area contributed by atoms with E-state index in [0.717, 1.165) is 18.7 Å². The highest BCUT2D eigenvalue weighted by molar-refractivity contribution is 5.44. The Bertz CT molecular complexity index is 569. The number of nitrogen functional groups attached to an aromatic ring is 1. The molecule has 5 nitrogen and oxygen atoms in total. The summed E-state index contributed by atoms with van der Waals surface area (Å²) in [5, 5.41) is 3.10. The summed E-state index contributed by atoms with van der Waals surface area (Å²) in [4.78, 5) is 8.18. The minimum absolute atomic E-state index is 0.197. The van der Waals surface area contributed by atoms with Gasteiger partial charge in [-0.15, -0.1) is 0 Å². The first kappa shape index (κ1) is 15.1. The van der Waals surface area contributed by atoms with Crippen molar-refractivity contribution in [2.75, 3.05) is 17.6 Å². The van der Waals surface area contributed by atoms with Crippen molar-refractivity contribution in [1.82, 2.24) is 9.97 Å². The first-order chi connectivity index (χ1) is 10.2. The van der Waals surface area contributed by atoms with Gasteiger partial charge in [0.1, 0.15) is 11.6 Å². The van der Waals surface area contributed by atoms with Gasteiger partial charge >= 0.3 is 0 Å². The fraction of sp³-hybridized carbons (Fsp3) is 0.375. The van der Waals surface area contributed by atoms with Crippen LogP contribution in [0.1, 0.15) is 32.3 Å². The maximum absolute atomic E-state index is 5.73. The maximum atomic E-state index is 5.73. The normalized spacial score (nSPS) is 10.4. The van der Waals surface area contributed by atoms with Crippen LogP contribution in [0.15, 0.2) is 30.3 Å². The number of unbranched alkanes of at least 4 members (excludes halogenated alkanes) is 1. The van der Waals surface area contributed by atoms with Crippen LogP contribution in [-0.4, -0.2) is 16.5 Å². The Labute approximate surface area is 125 Å². The number of benzene rings is 1. The van der Waals surface area contributed by atoms with Gasteiger partial charge in [-0.25, -0.2) is 0 Å². The van der Waals surface area contributed by atoms with Gasteiger partial charge < -0.3 is 15.8 Å². The molecule has 5 heteroatoms. The summed E-state index contributed by atoms with van der Waals surface area (Å²) in [5.74, 6) is 2.05. The summed E-state index contributed by atoms with van der Waals surface area (Å²) in [6, 6.07) is 9.82. The van der Waals surface area contributed by atoms with Crippen LogP contribution < -0.4 is 15.8 Å². The van der Waals surface area contributed by atoms with Gasteiger partial charge in [-0.3, -0.25) is 0 Å². The van der Waals surface area contributed by atoms with Crippen LogP contribution >= 0.6 is 0 Å². The van der Waals surface area contributed by atoms with E-state index < -0.39 is 0 Å². The second kappa shape index (κ2) is 7.47. The average Bonchev–Trinajstić information content (AvgIpc) is 2.46. The van der Waals surface area contributed by atoms with Gasteiger partial charge in [0.25, 0.3) is 0 Å². The van der Waals surface area contributed by atoms with E-state index in [1.165, 1.54) is 18.4 Å². The summed E-state index contributed by atoms with van der Waals surface area (Å²) in [6.07, 6.45) is 3.50. The Kier molecular flexibility index (Phi) is 5.37. The van der Waals surface area contributed by atoms with Crippen molar-refractivity contribution < 1.29 is 4.74 Å². The van der Waals surface area contributed by atoms with E-state index in [1.807, 2.05) is 19.1 Å². The highest BCUT2D eigenvalue weighted by Crippen LogP contribution is 2.23. The van der Waals surface area contributed by atoms with Crippen molar-refractivity contribution >= 4 is 11.8 Å². The molecular weight excluding hydrogens is 264 g/mol. The third-order valence-electron chi connectivity index (χ3n) is 3.04. The van der Waals surface area contributed by atoms with E-state index in [4.69, 9.17) is 10.5 Å². The van der Waals surface area contributed by atoms with Crippen LogP contribution in [0.2, 0.25) is 0 Å². The smallest absolute Gasteiger partial charge is 0.226 e. The molecule has 0 unspecified atom stereocenters. The van der Waals surface area contributed by atoms with Crippen molar-refractivity contribution in [1.29, 1.82) is 0 Å². The van der Waals surface area contributed by atoms with E-state index in [9.17, 15) is 0 Å². The molecule has 0 aliphatic heterocycles. The molecule has 3 N–H and O–H groups in total. The second-order valence-corrected chi connectivity index (χ2v) is 4.83. The molecule has 2 rings (SSSR count). The zero-order valence-electron chi connectivity index (χ0n) is 12.6. The minimum atomic E-state index is 0.197. The SMILES string of the molecule is CCCCc1ccc(Oc2cc(NCC)nc(N)n2)cc1.